The fourth-order valence-electron chi connectivity index (χ4n) is 2.21. The maximum Gasteiger partial charge on any atom is 0.269 e. The summed E-state index contributed by atoms with van der Waals surface area (Å²) in [6.07, 6.45) is 0. The molecule has 0 amide bonds. The lowest BCUT2D eigenvalue weighted by Crippen LogP contribution is -2.14. The summed E-state index contributed by atoms with van der Waals surface area (Å²) in [5.41, 5.74) is 3.98. The minimum atomic E-state index is -0.421. The third kappa shape index (κ3) is 3.40. The van der Waals surface area contributed by atoms with E-state index in [9.17, 15) is 10.1 Å². The van der Waals surface area contributed by atoms with Crippen molar-refractivity contribution in [3.8, 4) is 0 Å². The molecule has 0 radical (unpaired) electrons. The predicted molar refractivity (Wildman–Crippen MR) is 81.3 cm³/mol. The second-order valence-corrected chi connectivity index (χ2v) is 5.32. The summed E-state index contributed by atoms with van der Waals surface area (Å²) in [5, 5.41) is 18.9. The molecule has 0 unspecified atom stereocenters. The Bertz CT molecular complexity index is 682. The molecule has 0 saturated heterocycles. The molecule has 0 spiro atoms. The number of non-ortho nitro benzene ring substituents is 1. The van der Waals surface area contributed by atoms with Gasteiger partial charge >= 0.3 is 0 Å². The number of nitrogens with zero attached hydrogens (tertiary/aromatic N) is 3. The zero-order valence-electron chi connectivity index (χ0n) is 12.2. The minimum Gasteiger partial charge on any atom is -0.308 e. The lowest BCUT2D eigenvalue weighted by atomic mass is 10.1. The summed E-state index contributed by atoms with van der Waals surface area (Å²) in [7, 11) is 1.91. The van der Waals surface area contributed by atoms with Crippen LogP contribution in [0.25, 0.3) is 0 Å². The van der Waals surface area contributed by atoms with Crippen molar-refractivity contribution in [1.29, 1.82) is 0 Å². The molecule has 6 nitrogen and oxygen atoms in total. The first-order valence-electron chi connectivity index (χ1n) is 6.52. The SMILES string of the molecule is Cc1nn(C)c(C)c1CNCc1cc([N+](=O)[O-])ccc1Cl. The Kier molecular flexibility index (Phi) is 4.59. The maximum absolute atomic E-state index is 10.8. The molecule has 0 atom stereocenters. The van der Waals surface area contributed by atoms with Gasteiger partial charge in [-0.15, -0.1) is 0 Å². The molecule has 21 heavy (non-hydrogen) atoms. The largest absolute Gasteiger partial charge is 0.308 e. The van der Waals surface area contributed by atoms with E-state index in [1.807, 2.05) is 25.6 Å². The highest BCUT2D eigenvalue weighted by molar-refractivity contribution is 6.31. The molecule has 0 aliphatic carbocycles. The van der Waals surface area contributed by atoms with Crippen LogP contribution in [0.4, 0.5) is 5.69 Å². The summed E-state index contributed by atoms with van der Waals surface area (Å²) in [4.78, 5) is 10.4. The lowest BCUT2D eigenvalue weighted by molar-refractivity contribution is -0.384. The van der Waals surface area contributed by atoms with Gasteiger partial charge in [0.1, 0.15) is 0 Å². The molecule has 7 heteroatoms. The van der Waals surface area contributed by atoms with E-state index in [0.717, 1.165) is 17.0 Å². The van der Waals surface area contributed by atoms with Gasteiger partial charge in [0, 0.05) is 48.5 Å². The molecule has 112 valence electrons. The first-order valence-corrected chi connectivity index (χ1v) is 6.90. The van der Waals surface area contributed by atoms with Crippen molar-refractivity contribution < 1.29 is 4.92 Å². The van der Waals surface area contributed by atoms with Crippen LogP contribution in [-0.4, -0.2) is 14.7 Å². The van der Waals surface area contributed by atoms with Gasteiger partial charge in [-0.25, -0.2) is 0 Å². The van der Waals surface area contributed by atoms with Crippen molar-refractivity contribution in [1.82, 2.24) is 15.1 Å². The van der Waals surface area contributed by atoms with Crippen LogP contribution in [0.1, 0.15) is 22.5 Å². The fraction of sp³-hybridized carbons (Fsp3) is 0.357. The van der Waals surface area contributed by atoms with Crippen molar-refractivity contribution in [3.63, 3.8) is 0 Å². The number of nitrogens with one attached hydrogen (secondary N) is 1. The number of aryl methyl sites for hydroxylation is 2. The van der Waals surface area contributed by atoms with Gasteiger partial charge < -0.3 is 5.32 Å². The number of benzene rings is 1. The standard InChI is InChI=1S/C14H17ClN4O2/c1-9-13(10(2)18(3)17-9)8-16-7-11-6-12(19(20)21)4-5-14(11)15/h4-6,16H,7-8H2,1-3H3. The molecule has 0 saturated carbocycles. The van der Waals surface area contributed by atoms with E-state index in [1.165, 1.54) is 12.1 Å². The quantitative estimate of drug-likeness (QED) is 0.681. The highest BCUT2D eigenvalue weighted by Gasteiger charge is 2.11. The first kappa shape index (κ1) is 15.5. The lowest BCUT2D eigenvalue weighted by Gasteiger charge is -2.07. The van der Waals surface area contributed by atoms with Gasteiger partial charge in [-0.1, -0.05) is 11.6 Å². The summed E-state index contributed by atoms with van der Waals surface area (Å²) in [6, 6.07) is 4.46. The Hall–Kier alpha value is -1.92. The molecule has 1 aromatic heterocycles. The van der Waals surface area contributed by atoms with Crippen LogP contribution in [0.15, 0.2) is 18.2 Å². The summed E-state index contributed by atoms with van der Waals surface area (Å²) in [5.74, 6) is 0. The van der Waals surface area contributed by atoms with E-state index in [-0.39, 0.29) is 5.69 Å². The van der Waals surface area contributed by atoms with E-state index in [4.69, 9.17) is 11.6 Å². The van der Waals surface area contributed by atoms with Crippen molar-refractivity contribution >= 4 is 17.3 Å². The molecule has 1 aromatic carbocycles. The van der Waals surface area contributed by atoms with Crippen molar-refractivity contribution in [2.24, 2.45) is 7.05 Å². The number of aromatic nitrogens is 2. The molecule has 0 fully saturated rings. The predicted octanol–water partition coefficient (Wildman–Crippen LogP) is 2.89. The van der Waals surface area contributed by atoms with Crippen LogP contribution < -0.4 is 5.32 Å². The minimum absolute atomic E-state index is 0.0462. The Morgan fingerprint density at radius 1 is 1.38 bits per heavy atom. The van der Waals surface area contributed by atoms with Crippen LogP contribution in [0.5, 0.6) is 0 Å². The second-order valence-electron chi connectivity index (χ2n) is 4.91. The van der Waals surface area contributed by atoms with Crippen LogP contribution in [0, 0.1) is 24.0 Å². The molecule has 0 aliphatic rings. The van der Waals surface area contributed by atoms with Gasteiger partial charge in [-0.05, 0) is 25.5 Å². The highest BCUT2D eigenvalue weighted by Crippen LogP contribution is 2.22. The first-order chi connectivity index (χ1) is 9.90. The number of rotatable bonds is 5. The van der Waals surface area contributed by atoms with Crippen LogP contribution in [0.3, 0.4) is 0 Å². The van der Waals surface area contributed by atoms with Gasteiger partial charge in [-0.3, -0.25) is 14.8 Å². The Morgan fingerprint density at radius 3 is 2.67 bits per heavy atom. The van der Waals surface area contributed by atoms with Gasteiger partial charge in [0.05, 0.1) is 10.6 Å². The van der Waals surface area contributed by atoms with Gasteiger partial charge in [-0.2, -0.15) is 5.10 Å². The zero-order valence-corrected chi connectivity index (χ0v) is 12.9. The van der Waals surface area contributed by atoms with E-state index in [1.54, 1.807) is 6.07 Å². The fourth-order valence-corrected chi connectivity index (χ4v) is 2.39. The van der Waals surface area contributed by atoms with Gasteiger partial charge in [0.25, 0.3) is 5.69 Å². The average molecular weight is 309 g/mol. The summed E-state index contributed by atoms with van der Waals surface area (Å²) in [6.45, 7) is 5.08. The normalized spacial score (nSPS) is 10.9. The molecular weight excluding hydrogens is 292 g/mol. The van der Waals surface area contributed by atoms with Crippen molar-refractivity contribution in [2.45, 2.75) is 26.9 Å². The Labute approximate surface area is 127 Å². The number of halogens is 1. The van der Waals surface area contributed by atoms with Crippen LogP contribution in [-0.2, 0) is 20.1 Å². The molecular formula is C14H17ClN4O2. The molecule has 0 aliphatic heterocycles. The van der Waals surface area contributed by atoms with Crippen molar-refractivity contribution in [3.05, 3.63) is 55.9 Å². The van der Waals surface area contributed by atoms with E-state index < -0.39 is 4.92 Å². The molecule has 2 rings (SSSR count). The van der Waals surface area contributed by atoms with E-state index >= 15 is 0 Å². The van der Waals surface area contributed by atoms with Crippen molar-refractivity contribution in [2.75, 3.05) is 0 Å². The number of nitro benzene ring substituents is 1. The molecule has 1 N–H and O–H groups in total. The molecule has 0 bridgehead atoms. The van der Waals surface area contributed by atoms with Gasteiger partial charge in [0.15, 0.2) is 0 Å². The monoisotopic (exact) mass is 308 g/mol. The van der Waals surface area contributed by atoms with Crippen LogP contribution >= 0.6 is 11.6 Å². The average Bonchev–Trinajstić information content (AvgIpc) is 2.66. The highest BCUT2D eigenvalue weighted by atomic mass is 35.5. The van der Waals surface area contributed by atoms with E-state index in [0.29, 0.717) is 23.7 Å². The maximum atomic E-state index is 10.8. The Balaban J connectivity index is 2.06. The number of hydrogen-bond acceptors (Lipinski definition) is 4. The van der Waals surface area contributed by atoms with Gasteiger partial charge in [0.2, 0.25) is 0 Å². The smallest absolute Gasteiger partial charge is 0.269 e. The summed E-state index contributed by atoms with van der Waals surface area (Å²) >= 11 is 6.07. The Morgan fingerprint density at radius 2 is 2.10 bits per heavy atom. The molecule has 2 aromatic rings. The van der Waals surface area contributed by atoms with E-state index in [2.05, 4.69) is 10.4 Å². The summed E-state index contributed by atoms with van der Waals surface area (Å²) < 4.78 is 1.84. The zero-order chi connectivity index (χ0) is 15.6. The van der Waals surface area contributed by atoms with Crippen LogP contribution in [0.2, 0.25) is 5.02 Å². The molecule has 1 heterocycles. The topological polar surface area (TPSA) is 73.0 Å². The second kappa shape index (κ2) is 6.24. The third-order valence-electron chi connectivity index (χ3n) is 3.52. The third-order valence-corrected chi connectivity index (χ3v) is 3.88. The number of hydrogen-bond donors (Lipinski definition) is 1. The number of nitro groups is 1.